The van der Waals surface area contributed by atoms with Gasteiger partial charge in [0, 0.05) is 12.1 Å². The fraction of sp³-hybridized carbons (Fsp3) is 0.800. The molecule has 0 radical (unpaired) electrons. The van der Waals surface area contributed by atoms with E-state index in [4.69, 9.17) is 0 Å². The second-order valence-corrected chi connectivity index (χ2v) is 7.10. The number of likely N-dealkylation sites (tertiary alicyclic amines) is 1. The van der Waals surface area contributed by atoms with Gasteiger partial charge in [-0.1, -0.05) is 12.1 Å². The van der Waals surface area contributed by atoms with E-state index in [0.29, 0.717) is 17.7 Å². The van der Waals surface area contributed by atoms with Gasteiger partial charge < -0.3 is 10.2 Å². The lowest BCUT2D eigenvalue weighted by atomic mass is 9.97. The number of carbonyl (C=O) groups excluding carboxylic acids is 1. The third kappa shape index (κ3) is 2.81. The molecule has 21 heavy (non-hydrogen) atoms. The molecule has 1 aromatic heterocycles. The first kappa shape index (κ1) is 14.5. The van der Waals surface area contributed by atoms with Crippen LogP contribution in [0.15, 0.2) is 6.20 Å². The predicted molar refractivity (Wildman–Crippen MR) is 80.1 cm³/mol. The van der Waals surface area contributed by atoms with Crippen molar-refractivity contribution in [2.45, 2.75) is 51.6 Å². The lowest BCUT2D eigenvalue weighted by molar-refractivity contribution is 0.0644. The Balaban J connectivity index is 1.75. The number of rotatable bonds is 2. The Morgan fingerprint density at radius 3 is 2.71 bits per heavy atom. The summed E-state index contributed by atoms with van der Waals surface area (Å²) in [5.41, 5.74) is 0.394. The standard InChI is InChI=1S/C15H25N5O/c1-11-8-15(2,3)19(9-11)14(21)13-10-20(18-17-13)12-4-6-16-7-5-12/h10-12,16H,4-9H2,1-3H3. The normalized spacial score (nSPS) is 26.2. The molecule has 2 fully saturated rings. The maximum absolute atomic E-state index is 12.7. The van der Waals surface area contributed by atoms with Crippen LogP contribution in [0.2, 0.25) is 0 Å². The molecule has 0 bridgehead atoms. The molecule has 0 aliphatic carbocycles. The summed E-state index contributed by atoms with van der Waals surface area (Å²) in [5, 5.41) is 11.7. The molecule has 6 nitrogen and oxygen atoms in total. The molecule has 1 atom stereocenters. The molecular weight excluding hydrogens is 266 g/mol. The van der Waals surface area contributed by atoms with Crippen molar-refractivity contribution >= 4 is 5.91 Å². The van der Waals surface area contributed by atoms with E-state index < -0.39 is 0 Å². The van der Waals surface area contributed by atoms with Crippen LogP contribution >= 0.6 is 0 Å². The van der Waals surface area contributed by atoms with Crippen molar-refractivity contribution in [3.63, 3.8) is 0 Å². The van der Waals surface area contributed by atoms with Crippen molar-refractivity contribution in [3.05, 3.63) is 11.9 Å². The molecule has 1 N–H and O–H groups in total. The highest BCUT2D eigenvalue weighted by Gasteiger charge is 2.40. The SMILES string of the molecule is CC1CN(C(=O)c2cn(C3CCNCC3)nn2)C(C)(C)C1. The largest absolute Gasteiger partial charge is 0.332 e. The highest BCUT2D eigenvalue weighted by atomic mass is 16.2. The van der Waals surface area contributed by atoms with Crippen LogP contribution in [-0.4, -0.2) is 51.0 Å². The van der Waals surface area contributed by atoms with Gasteiger partial charge in [-0.25, -0.2) is 4.68 Å². The van der Waals surface area contributed by atoms with Gasteiger partial charge in [-0.3, -0.25) is 4.79 Å². The number of hydrogen-bond donors (Lipinski definition) is 1. The zero-order chi connectivity index (χ0) is 15.0. The maximum atomic E-state index is 12.7. The van der Waals surface area contributed by atoms with Crippen molar-refractivity contribution in [2.24, 2.45) is 5.92 Å². The van der Waals surface area contributed by atoms with Crippen molar-refractivity contribution in [2.75, 3.05) is 19.6 Å². The number of aromatic nitrogens is 3. The van der Waals surface area contributed by atoms with Crippen LogP contribution in [0, 0.1) is 5.92 Å². The van der Waals surface area contributed by atoms with E-state index >= 15 is 0 Å². The zero-order valence-electron chi connectivity index (χ0n) is 13.2. The quantitative estimate of drug-likeness (QED) is 0.896. The summed E-state index contributed by atoms with van der Waals surface area (Å²) < 4.78 is 1.88. The summed E-state index contributed by atoms with van der Waals surface area (Å²) >= 11 is 0. The third-order valence-corrected chi connectivity index (χ3v) is 4.73. The average molecular weight is 291 g/mol. The Bertz CT molecular complexity index is 518. The molecule has 3 heterocycles. The second kappa shape index (κ2) is 5.40. The summed E-state index contributed by atoms with van der Waals surface area (Å²) in [5.74, 6) is 0.563. The predicted octanol–water partition coefficient (Wildman–Crippen LogP) is 1.46. The van der Waals surface area contributed by atoms with E-state index in [1.165, 1.54) is 0 Å². The van der Waals surface area contributed by atoms with Crippen LogP contribution in [0.4, 0.5) is 0 Å². The van der Waals surface area contributed by atoms with E-state index in [9.17, 15) is 4.79 Å². The van der Waals surface area contributed by atoms with Crippen LogP contribution in [0.3, 0.4) is 0 Å². The molecule has 3 rings (SSSR count). The molecule has 0 saturated carbocycles. The fourth-order valence-electron chi connectivity index (χ4n) is 3.71. The van der Waals surface area contributed by atoms with E-state index in [1.807, 2.05) is 15.8 Å². The third-order valence-electron chi connectivity index (χ3n) is 4.73. The lowest BCUT2D eigenvalue weighted by Crippen LogP contribution is -2.42. The van der Waals surface area contributed by atoms with Gasteiger partial charge in [0.25, 0.3) is 5.91 Å². The van der Waals surface area contributed by atoms with E-state index in [2.05, 4.69) is 36.4 Å². The Labute approximate surface area is 125 Å². The molecular formula is C15H25N5O. The average Bonchev–Trinajstić information content (AvgIpc) is 3.03. The minimum absolute atomic E-state index is 0.0181. The minimum atomic E-state index is -0.0883. The molecule has 6 heteroatoms. The number of nitrogens with one attached hydrogen (secondary N) is 1. The number of piperidine rings is 1. The summed E-state index contributed by atoms with van der Waals surface area (Å²) in [6.07, 6.45) is 4.96. The van der Waals surface area contributed by atoms with Crippen molar-refractivity contribution < 1.29 is 4.79 Å². The van der Waals surface area contributed by atoms with Crippen molar-refractivity contribution in [1.29, 1.82) is 0 Å². The topological polar surface area (TPSA) is 63.1 Å². The van der Waals surface area contributed by atoms with Crippen LogP contribution in [0.5, 0.6) is 0 Å². The van der Waals surface area contributed by atoms with Crippen molar-refractivity contribution in [1.82, 2.24) is 25.2 Å². The summed E-state index contributed by atoms with van der Waals surface area (Å²) in [4.78, 5) is 14.7. The molecule has 116 valence electrons. The maximum Gasteiger partial charge on any atom is 0.276 e. The second-order valence-electron chi connectivity index (χ2n) is 7.10. The summed E-state index contributed by atoms with van der Waals surface area (Å²) in [7, 11) is 0. The van der Waals surface area contributed by atoms with Gasteiger partial charge in [0.15, 0.2) is 5.69 Å². The van der Waals surface area contributed by atoms with Crippen LogP contribution < -0.4 is 5.32 Å². The molecule has 2 aliphatic rings. The lowest BCUT2D eigenvalue weighted by Gasteiger charge is -2.30. The van der Waals surface area contributed by atoms with Crippen molar-refractivity contribution in [3.8, 4) is 0 Å². The summed E-state index contributed by atoms with van der Waals surface area (Å²) in [6, 6.07) is 0.366. The molecule has 2 saturated heterocycles. The van der Waals surface area contributed by atoms with Crippen LogP contribution in [-0.2, 0) is 0 Å². The number of amides is 1. The molecule has 2 aliphatic heterocycles. The van der Waals surface area contributed by atoms with Gasteiger partial charge in [0.05, 0.1) is 12.2 Å². The first-order valence-corrected chi connectivity index (χ1v) is 7.92. The van der Waals surface area contributed by atoms with Gasteiger partial charge in [-0.2, -0.15) is 0 Å². The molecule has 0 spiro atoms. The highest BCUT2D eigenvalue weighted by Crippen LogP contribution is 2.33. The molecule has 1 unspecified atom stereocenters. The number of carbonyl (C=O) groups is 1. The molecule has 0 aromatic carbocycles. The Morgan fingerprint density at radius 2 is 2.10 bits per heavy atom. The van der Waals surface area contributed by atoms with Gasteiger partial charge in [-0.05, 0) is 52.1 Å². The fourth-order valence-corrected chi connectivity index (χ4v) is 3.71. The van der Waals surface area contributed by atoms with Gasteiger partial charge in [0.1, 0.15) is 0 Å². The van der Waals surface area contributed by atoms with E-state index in [0.717, 1.165) is 38.9 Å². The summed E-state index contributed by atoms with van der Waals surface area (Å²) in [6.45, 7) is 9.28. The van der Waals surface area contributed by atoms with Gasteiger partial charge >= 0.3 is 0 Å². The number of nitrogens with zero attached hydrogens (tertiary/aromatic N) is 4. The van der Waals surface area contributed by atoms with Gasteiger partial charge in [-0.15, -0.1) is 5.10 Å². The first-order chi connectivity index (χ1) is 9.97. The zero-order valence-corrected chi connectivity index (χ0v) is 13.2. The van der Waals surface area contributed by atoms with Crippen LogP contribution in [0.25, 0.3) is 0 Å². The van der Waals surface area contributed by atoms with E-state index in [-0.39, 0.29) is 11.4 Å². The smallest absolute Gasteiger partial charge is 0.276 e. The molecule has 1 amide bonds. The molecule has 1 aromatic rings. The Morgan fingerprint density at radius 1 is 1.38 bits per heavy atom. The minimum Gasteiger partial charge on any atom is -0.332 e. The van der Waals surface area contributed by atoms with Gasteiger partial charge in [0.2, 0.25) is 0 Å². The first-order valence-electron chi connectivity index (χ1n) is 7.92. The number of hydrogen-bond acceptors (Lipinski definition) is 4. The van der Waals surface area contributed by atoms with Crippen LogP contribution in [0.1, 0.15) is 56.6 Å². The highest BCUT2D eigenvalue weighted by molar-refractivity contribution is 5.92. The Kier molecular flexibility index (Phi) is 3.73. The monoisotopic (exact) mass is 291 g/mol. The van der Waals surface area contributed by atoms with E-state index in [1.54, 1.807) is 0 Å². The Hall–Kier alpha value is -1.43.